The van der Waals surface area contributed by atoms with Crippen molar-refractivity contribution >= 4 is 10.9 Å². The Kier molecular flexibility index (Phi) is 2.72. The van der Waals surface area contributed by atoms with Gasteiger partial charge in [-0.3, -0.25) is 4.98 Å². The van der Waals surface area contributed by atoms with Gasteiger partial charge in [0.15, 0.2) is 0 Å². The van der Waals surface area contributed by atoms with Crippen LogP contribution < -0.4 is 5.73 Å². The fraction of sp³-hybridized carbons (Fsp3) is 0.133. The minimum atomic E-state index is 0.282. The number of phenols is 1. The number of pyridine rings is 1. The second-order valence-corrected chi connectivity index (χ2v) is 4.56. The van der Waals surface area contributed by atoms with Gasteiger partial charge in [0.2, 0.25) is 0 Å². The van der Waals surface area contributed by atoms with Crippen LogP contribution >= 0.6 is 0 Å². The molecule has 96 valence electrons. The first-order valence-electron chi connectivity index (χ1n) is 6.13. The lowest BCUT2D eigenvalue weighted by Crippen LogP contribution is -1.98. The molecule has 0 fully saturated rings. The maximum absolute atomic E-state index is 9.94. The molecule has 19 heavy (non-hydrogen) atoms. The Morgan fingerprint density at radius 3 is 2.74 bits per heavy atom. The van der Waals surface area contributed by atoms with Crippen LogP contribution in [0.3, 0.4) is 0 Å². The van der Waals surface area contributed by atoms with Gasteiger partial charge in [-0.05, 0) is 23.8 Å². The standard InChI is InChI=1S/C15H15N3O/c1-18-13(12-6-5-10(8-16)9-17-12)7-11-3-2-4-14(19)15(11)18/h2-7,9,19H,8,16H2,1H3. The fourth-order valence-electron chi connectivity index (χ4n) is 2.34. The molecule has 3 rings (SSSR count). The quantitative estimate of drug-likeness (QED) is 0.737. The monoisotopic (exact) mass is 253 g/mol. The number of hydrogen-bond acceptors (Lipinski definition) is 3. The molecule has 1 aromatic carbocycles. The number of phenolic OH excluding ortho intramolecular Hbond substituents is 1. The highest BCUT2D eigenvalue weighted by atomic mass is 16.3. The highest BCUT2D eigenvalue weighted by Crippen LogP contribution is 2.31. The Morgan fingerprint density at radius 1 is 1.26 bits per heavy atom. The van der Waals surface area contributed by atoms with E-state index in [0.29, 0.717) is 6.54 Å². The summed E-state index contributed by atoms with van der Waals surface area (Å²) >= 11 is 0. The summed E-state index contributed by atoms with van der Waals surface area (Å²) in [6.45, 7) is 0.489. The van der Waals surface area contributed by atoms with Crippen LogP contribution in [0, 0.1) is 0 Å². The Labute approximate surface area is 111 Å². The van der Waals surface area contributed by atoms with Gasteiger partial charge in [0, 0.05) is 25.2 Å². The molecular formula is C15H15N3O. The largest absolute Gasteiger partial charge is 0.506 e. The number of aromatic hydroxyl groups is 1. The molecule has 3 N–H and O–H groups in total. The lowest BCUT2D eigenvalue weighted by molar-refractivity contribution is 0.479. The average molecular weight is 253 g/mol. The molecule has 0 atom stereocenters. The minimum absolute atomic E-state index is 0.282. The normalized spacial score (nSPS) is 11.1. The van der Waals surface area contributed by atoms with E-state index in [-0.39, 0.29) is 5.75 Å². The van der Waals surface area contributed by atoms with Crippen LogP contribution in [0.4, 0.5) is 0 Å². The number of hydrogen-bond donors (Lipinski definition) is 2. The van der Waals surface area contributed by atoms with Gasteiger partial charge in [-0.15, -0.1) is 0 Å². The van der Waals surface area contributed by atoms with Gasteiger partial charge in [0.05, 0.1) is 16.9 Å². The molecule has 0 bridgehead atoms. The van der Waals surface area contributed by atoms with E-state index in [2.05, 4.69) is 4.98 Å². The summed E-state index contributed by atoms with van der Waals surface area (Å²) < 4.78 is 1.95. The lowest BCUT2D eigenvalue weighted by Gasteiger charge is -2.05. The maximum Gasteiger partial charge on any atom is 0.139 e. The van der Waals surface area contributed by atoms with E-state index in [4.69, 9.17) is 5.73 Å². The number of nitrogens with two attached hydrogens (primary N) is 1. The van der Waals surface area contributed by atoms with Gasteiger partial charge < -0.3 is 15.4 Å². The van der Waals surface area contributed by atoms with Gasteiger partial charge in [-0.1, -0.05) is 18.2 Å². The number of rotatable bonds is 2. The van der Waals surface area contributed by atoms with E-state index in [1.165, 1.54) is 0 Å². The molecule has 0 saturated carbocycles. The smallest absolute Gasteiger partial charge is 0.139 e. The summed E-state index contributed by atoms with van der Waals surface area (Å²) in [5.41, 5.74) is 9.24. The van der Waals surface area contributed by atoms with Crippen molar-refractivity contribution in [1.82, 2.24) is 9.55 Å². The van der Waals surface area contributed by atoms with Crippen LogP contribution in [-0.4, -0.2) is 14.7 Å². The molecule has 0 unspecified atom stereocenters. The molecule has 0 aliphatic heterocycles. The van der Waals surface area contributed by atoms with Crippen molar-refractivity contribution in [3.8, 4) is 17.1 Å². The molecule has 0 saturated heterocycles. The molecule has 2 aromatic heterocycles. The first-order valence-corrected chi connectivity index (χ1v) is 6.13. The second-order valence-electron chi connectivity index (χ2n) is 4.56. The zero-order chi connectivity index (χ0) is 13.4. The van der Waals surface area contributed by atoms with Crippen LogP contribution in [0.25, 0.3) is 22.3 Å². The molecule has 0 radical (unpaired) electrons. The second kappa shape index (κ2) is 4.40. The van der Waals surface area contributed by atoms with Crippen molar-refractivity contribution in [2.45, 2.75) is 6.54 Å². The third-order valence-corrected chi connectivity index (χ3v) is 3.36. The summed E-state index contributed by atoms with van der Waals surface area (Å²) in [4.78, 5) is 4.42. The van der Waals surface area contributed by atoms with E-state index in [9.17, 15) is 5.11 Å². The lowest BCUT2D eigenvalue weighted by atomic mass is 10.2. The molecule has 0 aliphatic rings. The first-order chi connectivity index (χ1) is 9.20. The van der Waals surface area contributed by atoms with Crippen molar-refractivity contribution in [3.05, 3.63) is 48.2 Å². The Morgan fingerprint density at radius 2 is 2.11 bits per heavy atom. The van der Waals surface area contributed by atoms with Crippen molar-refractivity contribution in [2.24, 2.45) is 12.8 Å². The maximum atomic E-state index is 9.94. The van der Waals surface area contributed by atoms with Gasteiger partial charge in [0.25, 0.3) is 0 Å². The van der Waals surface area contributed by atoms with Crippen molar-refractivity contribution in [1.29, 1.82) is 0 Å². The van der Waals surface area contributed by atoms with E-state index < -0.39 is 0 Å². The summed E-state index contributed by atoms with van der Waals surface area (Å²) in [6, 6.07) is 11.5. The SMILES string of the molecule is Cn1c(-c2ccc(CN)cn2)cc2cccc(O)c21. The van der Waals surface area contributed by atoms with Crippen molar-refractivity contribution in [2.75, 3.05) is 0 Å². The fourth-order valence-corrected chi connectivity index (χ4v) is 2.34. The first kappa shape index (κ1) is 11.7. The minimum Gasteiger partial charge on any atom is -0.506 e. The Hall–Kier alpha value is -2.33. The molecule has 2 heterocycles. The Bertz CT molecular complexity index is 729. The number of nitrogens with zero attached hydrogens (tertiary/aromatic N) is 2. The molecule has 4 heteroatoms. The summed E-state index contributed by atoms with van der Waals surface area (Å²) in [6.07, 6.45) is 1.78. The summed E-state index contributed by atoms with van der Waals surface area (Å²) in [7, 11) is 1.93. The van der Waals surface area contributed by atoms with Crippen LogP contribution in [0.2, 0.25) is 0 Å². The third kappa shape index (κ3) is 1.86. The van der Waals surface area contributed by atoms with Gasteiger partial charge in [0.1, 0.15) is 5.75 Å². The predicted octanol–water partition coefficient (Wildman–Crippen LogP) is 2.40. The van der Waals surface area contributed by atoms with E-state index in [1.807, 2.05) is 41.9 Å². The summed E-state index contributed by atoms with van der Waals surface area (Å²) in [5, 5.41) is 10.9. The van der Waals surface area contributed by atoms with Crippen molar-refractivity contribution < 1.29 is 5.11 Å². The Balaban J connectivity index is 2.19. The highest BCUT2D eigenvalue weighted by molar-refractivity contribution is 5.90. The zero-order valence-corrected chi connectivity index (χ0v) is 10.7. The predicted molar refractivity (Wildman–Crippen MR) is 75.7 cm³/mol. The number of benzene rings is 1. The van der Waals surface area contributed by atoms with Crippen LogP contribution in [-0.2, 0) is 13.6 Å². The van der Waals surface area contributed by atoms with Gasteiger partial charge in [-0.25, -0.2) is 0 Å². The third-order valence-electron chi connectivity index (χ3n) is 3.36. The van der Waals surface area contributed by atoms with Gasteiger partial charge in [-0.2, -0.15) is 0 Å². The average Bonchev–Trinajstić information content (AvgIpc) is 2.78. The van der Waals surface area contributed by atoms with Crippen molar-refractivity contribution in [3.63, 3.8) is 0 Å². The molecule has 0 spiro atoms. The molecule has 0 aliphatic carbocycles. The van der Waals surface area contributed by atoms with Crippen LogP contribution in [0.1, 0.15) is 5.56 Å². The molecule has 4 nitrogen and oxygen atoms in total. The van der Waals surface area contributed by atoms with E-state index >= 15 is 0 Å². The van der Waals surface area contributed by atoms with E-state index in [1.54, 1.807) is 12.3 Å². The number of para-hydroxylation sites is 1. The molecule has 3 aromatic rings. The van der Waals surface area contributed by atoms with Crippen LogP contribution in [0.5, 0.6) is 5.75 Å². The van der Waals surface area contributed by atoms with Crippen LogP contribution in [0.15, 0.2) is 42.6 Å². The topological polar surface area (TPSA) is 64.1 Å². The number of fused-ring (bicyclic) bond motifs is 1. The van der Waals surface area contributed by atoms with E-state index in [0.717, 1.165) is 27.9 Å². The molecular weight excluding hydrogens is 238 g/mol. The highest BCUT2D eigenvalue weighted by Gasteiger charge is 2.11. The zero-order valence-electron chi connectivity index (χ0n) is 10.7. The number of aryl methyl sites for hydroxylation is 1. The number of aromatic nitrogens is 2. The van der Waals surface area contributed by atoms with Gasteiger partial charge >= 0.3 is 0 Å². The summed E-state index contributed by atoms with van der Waals surface area (Å²) in [5.74, 6) is 0.282. The molecule has 0 amide bonds.